The van der Waals surface area contributed by atoms with E-state index in [0.29, 0.717) is 6.04 Å². The Hall–Kier alpha value is -0.990. The second kappa shape index (κ2) is 2.57. The maximum absolute atomic E-state index is 12.4. The van der Waals surface area contributed by atoms with Gasteiger partial charge >= 0.3 is 0 Å². The average molecular weight is 154 g/mol. The van der Waals surface area contributed by atoms with Gasteiger partial charge in [-0.1, -0.05) is 0 Å². The zero-order valence-corrected chi connectivity index (χ0v) is 6.26. The quantitative estimate of drug-likeness (QED) is 0.618. The first kappa shape index (κ1) is 6.70. The topological polar surface area (TPSA) is 15.3 Å². The molecular formula is C8H11FN2. The van der Waals surface area contributed by atoms with Crippen molar-refractivity contribution in [3.63, 3.8) is 0 Å². The Balaban J connectivity index is 1.94. The van der Waals surface area contributed by atoms with Crippen molar-refractivity contribution in [2.45, 2.75) is 25.3 Å². The molecule has 1 aliphatic carbocycles. The summed E-state index contributed by atoms with van der Waals surface area (Å²) in [6.07, 6.45) is 8.36. The molecule has 0 amide bonds. The summed E-state index contributed by atoms with van der Waals surface area (Å²) in [5.41, 5.74) is 2.88. The van der Waals surface area contributed by atoms with Gasteiger partial charge in [-0.15, -0.1) is 0 Å². The standard InChI is InChI=1S/C8H11FN2/c9-7-4-5-11(10-6-7)8-2-1-3-8/h4-6,8,10H,1-3H2. The van der Waals surface area contributed by atoms with Crippen LogP contribution in [0, 0.1) is 0 Å². The first-order valence-electron chi connectivity index (χ1n) is 3.94. The van der Waals surface area contributed by atoms with Crippen molar-refractivity contribution in [3.8, 4) is 0 Å². The number of hydrogen-bond donors (Lipinski definition) is 1. The highest BCUT2D eigenvalue weighted by molar-refractivity contribution is 5.13. The van der Waals surface area contributed by atoms with Gasteiger partial charge in [0.05, 0.1) is 6.20 Å². The van der Waals surface area contributed by atoms with Crippen molar-refractivity contribution in [2.24, 2.45) is 0 Å². The lowest BCUT2D eigenvalue weighted by Gasteiger charge is -2.37. The van der Waals surface area contributed by atoms with E-state index in [9.17, 15) is 4.39 Å². The zero-order chi connectivity index (χ0) is 7.68. The molecule has 0 aromatic heterocycles. The molecule has 60 valence electrons. The summed E-state index contributed by atoms with van der Waals surface area (Å²) in [5.74, 6) is -0.208. The van der Waals surface area contributed by atoms with Crippen LogP contribution in [0.3, 0.4) is 0 Å². The van der Waals surface area contributed by atoms with E-state index >= 15 is 0 Å². The van der Waals surface area contributed by atoms with Crippen molar-refractivity contribution >= 4 is 0 Å². The second-order valence-electron chi connectivity index (χ2n) is 2.97. The van der Waals surface area contributed by atoms with Gasteiger partial charge in [-0.25, -0.2) is 4.39 Å². The van der Waals surface area contributed by atoms with E-state index in [-0.39, 0.29) is 5.83 Å². The molecule has 1 aliphatic heterocycles. The molecule has 0 radical (unpaired) electrons. The minimum atomic E-state index is -0.208. The first-order chi connectivity index (χ1) is 5.36. The molecule has 0 saturated heterocycles. The van der Waals surface area contributed by atoms with Crippen LogP contribution in [0.1, 0.15) is 19.3 Å². The molecule has 0 unspecified atom stereocenters. The minimum Gasteiger partial charge on any atom is -0.303 e. The predicted molar refractivity (Wildman–Crippen MR) is 40.9 cm³/mol. The molecule has 0 spiro atoms. The number of allylic oxidation sites excluding steroid dienone is 2. The van der Waals surface area contributed by atoms with Crippen molar-refractivity contribution < 1.29 is 4.39 Å². The summed E-state index contributed by atoms with van der Waals surface area (Å²) in [5, 5.41) is 1.96. The molecule has 1 N–H and O–H groups in total. The van der Waals surface area contributed by atoms with Gasteiger partial charge in [0.15, 0.2) is 0 Å². The summed E-state index contributed by atoms with van der Waals surface area (Å²) in [7, 11) is 0. The number of halogens is 1. The van der Waals surface area contributed by atoms with Crippen LogP contribution in [0.5, 0.6) is 0 Å². The van der Waals surface area contributed by atoms with Gasteiger partial charge < -0.3 is 5.43 Å². The fourth-order valence-corrected chi connectivity index (χ4v) is 1.27. The Kier molecular flexibility index (Phi) is 1.56. The minimum absolute atomic E-state index is 0.208. The Bertz CT molecular complexity index is 206. The van der Waals surface area contributed by atoms with Gasteiger partial charge in [-0.05, 0) is 25.3 Å². The zero-order valence-electron chi connectivity index (χ0n) is 6.26. The second-order valence-corrected chi connectivity index (χ2v) is 2.97. The summed E-state index contributed by atoms with van der Waals surface area (Å²) in [6.45, 7) is 0. The van der Waals surface area contributed by atoms with Crippen LogP contribution < -0.4 is 5.43 Å². The van der Waals surface area contributed by atoms with Gasteiger partial charge in [0.25, 0.3) is 0 Å². The third-order valence-electron chi connectivity index (χ3n) is 2.21. The van der Waals surface area contributed by atoms with E-state index in [1.165, 1.54) is 31.5 Å². The first-order valence-corrected chi connectivity index (χ1v) is 3.94. The molecule has 1 fully saturated rings. The molecule has 2 aliphatic rings. The smallest absolute Gasteiger partial charge is 0.142 e. The number of rotatable bonds is 1. The Morgan fingerprint density at radius 2 is 2.36 bits per heavy atom. The van der Waals surface area contributed by atoms with Crippen molar-refractivity contribution in [1.29, 1.82) is 0 Å². The molecule has 2 nitrogen and oxygen atoms in total. The van der Waals surface area contributed by atoms with E-state index in [4.69, 9.17) is 0 Å². The van der Waals surface area contributed by atoms with Gasteiger partial charge in [0, 0.05) is 12.2 Å². The number of hydrogen-bond acceptors (Lipinski definition) is 2. The third-order valence-corrected chi connectivity index (χ3v) is 2.21. The van der Waals surface area contributed by atoms with Gasteiger partial charge in [0.1, 0.15) is 5.83 Å². The van der Waals surface area contributed by atoms with Gasteiger partial charge in [-0.3, -0.25) is 5.01 Å². The lowest BCUT2D eigenvalue weighted by atomic mass is 9.93. The summed E-state index contributed by atoms with van der Waals surface area (Å²) in [4.78, 5) is 0. The van der Waals surface area contributed by atoms with E-state index in [0.717, 1.165) is 0 Å². The maximum Gasteiger partial charge on any atom is 0.142 e. The Morgan fingerprint density at radius 1 is 1.55 bits per heavy atom. The van der Waals surface area contributed by atoms with E-state index in [1.807, 2.05) is 5.01 Å². The molecule has 3 heteroatoms. The monoisotopic (exact) mass is 154 g/mol. The largest absolute Gasteiger partial charge is 0.303 e. The molecule has 1 heterocycles. The third kappa shape index (κ3) is 1.23. The van der Waals surface area contributed by atoms with E-state index in [2.05, 4.69) is 5.43 Å². The summed E-state index contributed by atoms with van der Waals surface area (Å²) in [6, 6.07) is 0.579. The van der Waals surface area contributed by atoms with Crippen LogP contribution in [0.15, 0.2) is 24.3 Å². The fraction of sp³-hybridized carbons (Fsp3) is 0.500. The van der Waals surface area contributed by atoms with Crippen LogP contribution in [0.4, 0.5) is 4.39 Å². The fourth-order valence-electron chi connectivity index (χ4n) is 1.27. The molecule has 1 saturated carbocycles. The van der Waals surface area contributed by atoms with Crippen LogP contribution >= 0.6 is 0 Å². The van der Waals surface area contributed by atoms with Gasteiger partial charge in [-0.2, -0.15) is 0 Å². The maximum atomic E-state index is 12.4. The molecule has 11 heavy (non-hydrogen) atoms. The van der Waals surface area contributed by atoms with Crippen molar-refractivity contribution in [1.82, 2.24) is 10.4 Å². The highest BCUT2D eigenvalue weighted by Crippen LogP contribution is 2.24. The van der Waals surface area contributed by atoms with Crippen LogP contribution in [-0.2, 0) is 0 Å². The molecule has 0 atom stereocenters. The lowest BCUT2D eigenvalue weighted by Crippen LogP contribution is -2.43. The normalized spacial score (nSPS) is 24.1. The number of nitrogens with one attached hydrogen (secondary N) is 1. The predicted octanol–water partition coefficient (Wildman–Crippen LogP) is 1.68. The van der Waals surface area contributed by atoms with Crippen LogP contribution in [0.2, 0.25) is 0 Å². The SMILES string of the molecule is FC1=CNN(C2CCC2)C=C1. The number of nitrogens with zero attached hydrogens (tertiary/aromatic N) is 1. The van der Waals surface area contributed by atoms with Crippen molar-refractivity contribution in [2.75, 3.05) is 0 Å². The molecule has 0 aromatic carbocycles. The molecular weight excluding hydrogens is 143 g/mol. The van der Waals surface area contributed by atoms with Crippen LogP contribution in [0.25, 0.3) is 0 Å². The van der Waals surface area contributed by atoms with E-state index in [1.54, 1.807) is 6.20 Å². The summed E-state index contributed by atoms with van der Waals surface area (Å²) >= 11 is 0. The Labute approximate surface area is 65.3 Å². The molecule has 2 rings (SSSR count). The summed E-state index contributed by atoms with van der Waals surface area (Å²) < 4.78 is 12.4. The lowest BCUT2D eigenvalue weighted by molar-refractivity contribution is 0.144. The Morgan fingerprint density at radius 3 is 2.82 bits per heavy atom. The van der Waals surface area contributed by atoms with Crippen LogP contribution in [-0.4, -0.2) is 11.1 Å². The van der Waals surface area contributed by atoms with Crippen molar-refractivity contribution in [3.05, 3.63) is 24.3 Å². The number of hydrazine groups is 1. The highest BCUT2D eigenvalue weighted by atomic mass is 19.1. The highest BCUT2D eigenvalue weighted by Gasteiger charge is 2.23. The van der Waals surface area contributed by atoms with Gasteiger partial charge in [0.2, 0.25) is 0 Å². The average Bonchev–Trinajstić information content (AvgIpc) is 1.90. The van der Waals surface area contributed by atoms with E-state index < -0.39 is 0 Å². The molecule has 0 aromatic rings. The molecule has 0 bridgehead atoms.